The van der Waals surface area contributed by atoms with Gasteiger partial charge in [0.15, 0.2) is 6.10 Å². The number of esters is 3. The molecule has 16 nitrogen and oxygen atoms in total. The maximum absolute atomic E-state index is 13.1. The summed E-state index contributed by atoms with van der Waals surface area (Å²) in [5.41, 5.74) is 0. The Labute approximate surface area is 738 Å². The quantitative estimate of drug-likeness (QED) is 0.0146. The fourth-order valence-electron chi connectivity index (χ4n) is 12.9. The number of ether oxygens (including phenoxy) is 3. The van der Waals surface area contributed by atoms with Crippen molar-refractivity contribution in [1.82, 2.24) is 0 Å². The topological polar surface area (TPSA) is 231 Å². The highest BCUT2D eigenvalue weighted by Crippen LogP contribution is 2.45. The average molecular weight is 1730 g/mol. The largest absolute Gasteiger partial charge is 0.472 e. The number of aliphatic hydroxyl groups is 2. The number of allylic oxidation sites excluding steroid dienone is 30. The lowest BCUT2D eigenvalue weighted by Gasteiger charge is -2.21. The Hall–Kier alpha value is -5.35. The van der Waals surface area contributed by atoms with Gasteiger partial charge in [0.25, 0.3) is 0 Å². The van der Waals surface area contributed by atoms with Gasteiger partial charge in [-0.05, 0) is 161 Å². The fourth-order valence-corrected chi connectivity index (χ4v) is 14.5. The van der Waals surface area contributed by atoms with Gasteiger partial charge in [-0.25, -0.2) is 9.13 Å². The molecule has 0 radical (unpaired) electrons. The van der Waals surface area contributed by atoms with Crippen LogP contribution in [0.4, 0.5) is 0 Å². The Morgan fingerprint density at radius 1 is 0.240 bits per heavy atom. The first-order valence-electron chi connectivity index (χ1n) is 48.1. The lowest BCUT2D eigenvalue weighted by Crippen LogP contribution is -2.30. The van der Waals surface area contributed by atoms with Gasteiger partial charge in [0.2, 0.25) is 0 Å². The highest BCUT2D eigenvalue weighted by atomic mass is 31.2. The molecular weight excluding hydrogens is 1560 g/mol. The summed E-state index contributed by atoms with van der Waals surface area (Å²) in [7, 11) is -9.82. The van der Waals surface area contributed by atoms with Crippen LogP contribution in [0, 0.1) is 0 Å². The van der Waals surface area contributed by atoms with Crippen LogP contribution in [0.2, 0.25) is 0 Å². The monoisotopic (exact) mass is 1730 g/mol. The molecule has 0 rings (SSSR count). The maximum atomic E-state index is 13.1. The molecule has 0 spiro atoms. The molecular formula is C103H174O16P2. The van der Waals surface area contributed by atoms with E-state index in [0.29, 0.717) is 19.3 Å². The van der Waals surface area contributed by atoms with E-state index in [0.717, 1.165) is 180 Å². The Bertz CT molecular complexity index is 2930. The van der Waals surface area contributed by atoms with Gasteiger partial charge in [-0.3, -0.25) is 32.5 Å². The minimum absolute atomic E-state index is 0.0813. The summed E-state index contributed by atoms with van der Waals surface area (Å²) < 4.78 is 61.6. The van der Waals surface area contributed by atoms with Crippen molar-refractivity contribution in [3.8, 4) is 0 Å². The van der Waals surface area contributed by atoms with E-state index >= 15 is 0 Å². The van der Waals surface area contributed by atoms with Crippen molar-refractivity contribution in [3.05, 3.63) is 182 Å². The van der Waals surface area contributed by atoms with Crippen molar-refractivity contribution in [2.24, 2.45) is 0 Å². The molecule has 0 aromatic carbocycles. The zero-order valence-corrected chi connectivity index (χ0v) is 78.2. The number of unbranched alkanes of at least 4 members (excludes halogenated alkanes) is 37. The summed E-state index contributed by atoms with van der Waals surface area (Å²) in [6.45, 7) is 2.45. The average Bonchev–Trinajstić information content (AvgIpc) is 0.889. The smallest absolute Gasteiger partial charge is 0.463 e. The maximum Gasteiger partial charge on any atom is 0.472 e. The highest BCUT2D eigenvalue weighted by Gasteiger charge is 2.30. The van der Waals surface area contributed by atoms with Gasteiger partial charge >= 0.3 is 33.6 Å². The molecule has 0 saturated heterocycles. The Morgan fingerprint density at radius 3 is 0.694 bits per heavy atom. The molecule has 18 heteroatoms. The number of carbonyl (C=O) groups is 3. The molecule has 0 aliphatic rings. The molecule has 121 heavy (non-hydrogen) atoms. The van der Waals surface area contributed by atoms with E-state index in [1.807, 2.05) is 0 Å². The number of aliphatic hydroxyl groups excluding tert-OH is 2. The SMILES string of the molecule is CC/C=C\C/C=C\C/C=C\C/C=C\C/C=C\C/C=C\CCCCCCCCC(=O)OC(COC(=O)CCCCCCCCCCCCC/C=C\C/C=C\C/C=C\C/C=C\CCCCC)COP(=O)(O)OCC(O)COP(=O)(O)OCC(O)COC(=O)CCCCCCCCCCCCCCCCCCC/C=C\C/C=C\C/C=C\C/C=C\C/C=C\CC. The molecule has 5 atom stereocenters. The summed E-state index contributed by atoms with van der Waals surface area (Å²) in [4.78, 5) is 59.1. The molecule has 0 heterocycles. The first kappa shape index (κ1) is 116. The minimum atomic E-state index is -4.95. The summed E-state index contributed by atoms with van der Waals surface area (Å²) in [5, 5.41) is 20.8. The summed E-state index contributed by atoms with van der Waals surface area (Å²) in [6.07, 6.45) is 124. The van der Waals surface area contributed by atoms with Crippen molar-refractivity contribution in [2.75, 3.05) is 39.6 Å². The van der Waals surface area contributed by atoms with E-state index in [-0.39, 0.29) is 19.3 Å². The molecule has 0 amide bonds. The normalized spacial score (nSPS) is 14.5. The van der Waals surface area contributed by atoms with Crippen molar-refractivity contribution in [2.45, 2.75) is 411 Å². The van der Waals surface area contributed by atoms with E-state index in [9.17, 15) is 43.5 Å². The molecule has 0 saturated carbocycles. The third-order valence-electron chi connectivity index (χ3n) is 20.1. The van der Waals surface area contributed by atoms with Crippen LogP contribution in [-0.4, -0.2) is 95.9 Å². The number of rotatable bonds is 90. The molecule has 692 valence electrons. The predicted molar refractivity (Wildman–Crippen MR) is 509 cm³/mol. The number of hydrogen-bond donors (Lipinski definition) is 4. The molecule has 0 aromatic heterocycles. The van der Waals surface area contributed by atoms with Crippen LogP contribution in [0.15, 0.2) is 182 Å². The van der Waals surface area contributed by atoms with Crippen molar-refractivity contribution in [3.63, 3.8) is 0 Å². The molecule has 0 aliphatic heterocycles. The second kappa shape index (κ2) is 93.8. The van der Waals surface area contributed by atoms with Crippen LogP contribution in [0.3, 0.4) is 0 Å². The van der Waals surface area contributed by atoms with Crippen molar-refractivity contribution in [1.29, 1.82) is 0 Å². The standard InChI is InChI=1S/C103H174O16P2/c1-4-7-10-13-16-19-22-25-28-31-34-37-40-43-45-46-47-48-49-50-52-55-56-59-62-65-68-71-74-77-80-83-86-89-101(106)113-92-98(104)93-115-120(109,110)116-94-99(105)95-117-121(111,112)118-97-100(119-103(108)91-88-85-82-79-76-73-70-67-64-61-58-53-42-39-36-33-30-27-24-21-18-15-12-9-6-3)96-114-102(107)90-87-84-81-78-75-72-69-66-63-60-57-54-51-44-41-38-35-32-29-26-23-20-17-14-11-8-5-2/h7,9-10,12,16-21,25-30,34-39,43-45,51,53,58,64,67,98-100,104-105H,4-6,8,11,13-15,22-24,31-33,40-42,46-50,52,54-57,59-63,65-66,68-97H2,1-3H3,(H,109,110)(H,111,112)/b10-7-,12-9-,19-16-,20-17-,21-18-,28-25-,29-26-,30-27-,37-34-,38-35-,39-36-,45-43-,51-44-,58-53-,67-64-. The van der Waals surface area contributed by atoms with Crippen LogP contribution in [0.25, 0.3) is 0 Å². The number of carbonyl (C=O) groups excluding carboxylic acids is 3. The summed E-state index contributed by atoms with van der Waals surface area (Å²) >= 11 is 0. The Balaban J connectivity index is 4.62. The number of phosphoric acid groups is 2. The van der Waals surface area contributed by atoms with Gasteiger partial charge in [0.1, 0.15) is 25.4 Å². The van der Waals surface area contributed by atoms with Crippen LogP contribution in [0.5, 0.6) is 0 Å². The second-order valence-electron chi connectivity index (χ2n) is 31.8. The molecule has 0 aliphatic carbocycles. The predicted octanol–water partition coefficient (Wildman–Crippen LogP) is 30.0. The van der Waals surface area contributed by atoms with Crippen LogP contribution >= 0.6 is 15.6 Å². The van der Waals surface area contributed by atoms with Gasteiger partial charge < -0.3 is 34.2 Å². The van der Waals surface area contributed by atoms with E-state index < -0.39 is 91.5 Å². The molecule has 0 aromatic rings. The zero-order valence-electron chi connectivity index (χ0n) is 76.4. The first-order valence-corrected chi connectivity index (χ1v) is 51.1. The molecule has 5 unspecified atom stereocenters. The minimum Gasteiger partial charge on any atom is -0.463 e. The molecule has 0 fully saturated rings. The third-order valence-corrected chi connectivity index (χ3v) is 22.0. The fraction of sp³-hybridized carbons (Fsp3) is 0.680. The number of phosphoric ester groups is 2. The third kappa shape index (κ3) is 95.2. The van der Waals surface area contributed by atoms with Gasteiger partial charge in [-0.2, -0.15) is 0 Å². The molecule has 4 N–H and O–H groups in total. The van der Waals surface area contributed by atoms with Crippen LogP contribution < -0.4 is 0 Å². The Morgan fingerprint density at radius 2 is 0.438 bits per heavy atom. The van der Waals surface area contributed by atoms with Gasteiger partial charge in [-0.15, -0.1) is 0 Å². The van der Waals surface area contributed by atoms with Gasteiger partial charge in [0, 0.05) is 19.3 Å². The van der Waals surface area contributed by atoms with Crippen LogP contribution in [0.1, 0.15) is 393 Å². The van der Waals surface area contributed by atoms with Gasteiger partial charge in [-0.1, -0.05) is 396 Å². The first-order chi connectivity index (χ1) is 59.2. The van der Waals surface area contributed by atoms with Crippen molar-refractivity contribution < 1.29 is 75.8 Å². The summed E-state index contributed by atoms with van der Waals surface area (Å²) in [5.74, 6) is -1.59. The highest BCUT2D eigenvalue weighted by molar-refractivity contribution is 7.47. The van der Waals surface area contributed by atoms with E-state index in [2.05, 4.69) is 203 Å². The van der Waals surface area contributed by atoms with E-state index in [1.165, 1.54) is 154 Å². The lowest BCUT2D eigenvalue weighted by atomic mass is 10.0. The Kier molecular flexibility index (Phi) is 89.6. The molecule has 0 bridgehead atoms. The van der Waals surface area contributed by atoms with Gasteiger partial charge in [0.05, 0.1) is 26.4 Å². The van der Waals surface area contributed by atoms with E-state index in [4.69, 9.17) is 32.3 Å². The van der Waals surface area contributed by atoms with Crippen LogP contribution in [-0.2, 0) is 55.8 Å². The zero-order chi connectivity index (χ0) is 87.9. The number of hydrogen-bond acceptors (Lipinski definition) is 14. The second-order valence-corrected chi connectivity index (χ2v) is 34.7. The summed E-state index contributed by atoms with van der Waals surface area (Å²) in [6, 6.07) is 0. The lowest BCUT2D eigenvalue weighted by molar-refractivity contribution is -0.161. The van der Waals surface area contributed by atoms with Crippen molar-refractivity contribution >= 4 is 33.6 Å². The van der Waals surface area contributed by atoms with E-state index in [1.54, 1.807) is 0 Å².